The van der Waals surface area contributed by atoms with E-state index in [2.05, 4.69) is 15.2 Å². The number of hydrogen-bond acceptors (Lipinski definition) is 7. The molecule has 0 spiro atoms. The van der Waals surface area contributed by atoms with Gasteiger partial charge >= 0.3 is 0 Å². The first-order valence-electron chi connectivity index (χ1n) is 8.80. The van der Waals surface area contributed by atoms with Gasteiger partial charge in [0.05, 0.1) is 18.9 Å². The number of ether oxygens (including phenoxy) is 1. The van der Waals surface area contributed by atoms with Crippen LogP contribution in [0.1, 0.15) is 16.7 Å². The van der Waals surface area contributed by atoms with Crippen molar-refractivity contribution in [1.82, 2.24) is 10.3 Å². The first-order chi connectivity index (χ1) is 13.1. The van der Waals surface area contributed by atoms with E-state index in [-0.39, 0.29) is 0 Å². The number of anilines is 2. The summed E-state index contributed by atoms with van der Waals surface area (Å²) in [5, 5.41) is 19.2. The first-order valence-corrected chi connectivity index (χ1v) is 8.80. The zero-order valence-electron chi connectivity index (χ0n) is 15.3. The summed E-state index contributed by atoms with van der Waals surface area (Å²) in [5.41, 5.74) is 9.95. The third-order valence-electron chi connectivity index (χ3n) is 4.48. The van der Waals surface area contributed by atoms with Crippen molar-refractivity contribution in [2.45, 2.75) is 0 Å². The van der Waals surface area contributed by atoms with Gasteiger partial charge in [-0.25, -0.2) is 4.98 Å². The van der Waals surface area contributed by atoms with E-state index in [9.17, 15) is 0 Å². The molecule has 140 valence electrons. The van der Waals surface area contributed by atoms with Crippen LogP contribution in [-0.4, -0.2) is 50.3 Å². The van der Waals surface area contributed by atoms with Crippen molar-refractivity contribution in [1.29, 1.82) is 10.8 Å². The number of nitrogens with two attached hydrogens (primary N) is 1. The van der Waals surface area contributed by atoms with E-state index in [1.54, 1.807) is 25.5 Å². The molecule has 1 aliphatic rings. The Kier molecular flexibility index (Phi) is 5.83. The number of hydrogen-bond donors (Lipinski definition) is 4. The van der Waals surface area contributed by atoms with Crippen molar-refractivity contribution in [3.05, 3.63) is 59.4 Å². The van der Waals surface area contributed by atoms with Crippen LogP contribution < -0.4 is 16.0 Å². The van der Waals surface area contributed by atoms with Gasteiger partial charge in [0, 0.05) is 61.1 Å². The zero-order chi connectivity index (χ0) is 19.2. The predicted molar refractivity (Wildman–Crippen MR) is 110 cm³/mol. The molecule has 1 aromatic heterocycles. The minimum atomic E-state index is 0.333. The van der Waals surface area contributed by atoms with Crippen LogP contribution in [0.2, 0.25) is 0 Å². The molecule has 27 heavy (non-hydrogen) atoms. The summed E-state index contributed by atoms with van der Waals surface area (Å²) in [6.45, 7) is 2.95. The lowest BCUT2D eigenvalue weighted by Gasteiger charge is -2.28. The van der Waals surface area contributed by atoms with Crippen molar-refractivity contribution in [2.75, 3.05) is 44.0 Å². The second kappa shape index (κ2) is 8.46. The average Bonchev–Trinajstić information content (AvgIpc) is 2.73. The molecule has 1 aromatic carbocycles. The van der Waals surface area contributed by atoms with Gasteiger partial charge in [0.25, 0.3) is 0 Å². The maximum Gasteiger partial charge on any atom is 0.129 e. The number of rotatable bonds is 6. The molecule has 0 amide bonds. The normalized spacial score (nSPS) is 14.7. The maximum absolute atomic E-state index is 8.68. The van der Waals surface area contributed by atoms with Gasteiger partial charge < -0.3 is 26.1 Å². The number of nitrogens with zero attached hydrogens (tertiary/aromatic N) is 2. The summed E-state index contributed by atoms with van der Waals surface area (Å²) in [7, 11) is 1.79. The Morgan fingerprint density at radius 2 is 2.00 bits per heavy atom. The number of morpholine rings is 1. The van der Waals surface area contributed by atoms with E-state index in [1.165, 1.54) is 6.21 Å². The van der Waals surface area contributed by atoms with Crippen molar-refractivity contribution >= 4 is 29.0 Å². The highest BCUT2D eigenvalue weighted by Crippen LogP contribution is 2.23. The molecule has 2 heterocycles. The van der Waals surface area contributed by atoms with E-state index in [4.69, 9.17) is 21.3 Å². The molecule has 2 aromatic rings. The van der Waals surface area contributed by atoms with Crippen LogP contribution in [0, 0.1) is 10.8 Å². The van der Waals surface area contributed by atoms with Crippen LogP contribution >= 0.6 is 0 Å². The van der Waals surface area contributed by atoms with Gasteiger partial charge in [-0.3, -0.25) is 5.41 Å². The summed E-state index contributed by atoms with van der Waals surface area (Å²) >= 11 is 0. The molecule has 0 saturated carbocycles. The number of nitrogens with one attached hydrogen (secondary N) is 3. The Morgan fingerprint density at radius 3 is 2.70 bits per heavy atom. The summed E-state index contributed by atoms with van der Waals surface area (Å²) in [4.78, 5) is 6.60. The zero-order valence-corrected chi connectivity index (χ0v) is 15.3. The first kappa shape index (κ1) is 18.6. The highest BCUT2D eigenvalue weighted by molar-refractivity contribution is 6.15. The van der Waals surface area contributed by atoms with E-state index in [0.717, 1.165) is 35.6 Å². The predicted octanol–water partition coefficient (Wildman–Crippen LogP) is 2.13. The van der Waals surface area contributed by atoms with Crippen LogP contribution in [-0.2, 0) is 4.74 Å². The topological polar surface area (TPSA) is 111 Å². The Bertz CT molecular complexity index is 871. The molecule has 3 rings (SSSR count). The fourth-order valence-corrected chi connectivity index (χ4v) is 3.01. The van der Waals surface area contributed by atoms with Crippen LogP contribution in [0.25, 0.3) is 5.57 Å². The number of pyridine rings is 1. The molecule has 0 bridgehead atoms. The molecule has 7 nitrogen and oxygen atoms in total. The van der Waals surface area contributed by atoms with Crippen LogP contribution in [0.15, 0.2) is 42.7 Å². The lowest BCUT2D eigenvalue weighted by atomic mass is 9.97. The molecule has 0 atom stereocenters. The summed E-state index contributed by atoms with van der Waals surface area (Å²) in [6.07, 6.45) is 4.74. The molecule has 1 aliphatic heterocycles. The maximum atomic E-state index is 8.68. The number of aromatic nitrogens is 1. The van der Waals surface area contributed by atoms with Crippen LogP contribution in [0.3, 0.4) is 0 Å². The third kappa shape index (κ3) is 4.15. The summed E-state index contributed by atoms with van der Waals surface area (Å²) in [5.74, 6) is 0.838. The lowest BCUT2D eigenvalue weighted by Crippen LogP contribution is -2.36. The largest absolute Gasteiger partial charge is 0.398 e. The van der Waals surface area contributed by atoms with E-state index >= 15 is 0 Å². The second-order valence-electron chi connectivity index (χ2n) is 6.21. The molecule has 0 aliphatic carbocycles. The second-order valence-corrected chi connectivity index (χ2v) is 6.21. The minimum absolute atomic E-state index is 0.333. The Hall–Kier alpha value is -3.19. The van der Waals surface area contributed by atoms with Gasteiger partial charge in [0.2, 0.25) is 0 Å². The van der Waals surface area contributed by atoms with Crippen molar-refractivity contribution in [3.8, 4) is 0 Å². The van der Waals surface area contributed by atoms with Crippen molar-refractivity contribution in [2.24, 2.45) is 0 Å². The van der Waals surface area contributed by atoms with Gasteiger partial charge in [-0.05, 0) is 29.8 Å². The van der Waals surface area contributed by atoms with E-state index < -0.39 is 0 Å². The highest BCUT2D eigenvalue weighted by atomic mass is 16.5. The van der Waals surface area contributed by atoms with E-state index in [1.807, 2.05) is 24.3 Å². The molecule has 0 radical (unpaired) electrons. The smallest absolute Gasteiger partial charge is 0.129 e. The van der Waals surface area contributed by atoms with E-state index in [0.29, 0.717) is 30.2 Å². The molecular weight excluding hydrogens is 340 g/mol. The molecule has 5 N–H and O–H groups in total. The quantitative estimate of drug-likeness (QED) is 0.463. The molecule has 1 saturated heterocycles. The highest BCUT2D eigenvalue weighted by Gasteiger charge is 2.15. The SMILES string of the molecule is CN/C=C(\C=N)c1ccc(N)c(C(=N)c2ccnc(N3CCOCC3)c2)c1. The average molecular weight is 364 g/mol. The summed E-state index contributed by atoms with van der Waals surface area (Å²) in [6, 6.07) is 9.21. The molecule has 1 fully saturated rings. The lowest BCUT2D eigenvalue weighted by molar-refractivity contribution is 0.122. The minimum Gasteiger partial charge on any atom is -0.398 e. The van der Waals surface area contributed by atoms with Crippen LogP contribution in [0.5, 0.6) is 0 Å². The Balaban J connectivity index is 1.93. The van der Waals surface area contributed by atoms with Gasteiger partial charge in [-0.1, -0.05) is 6.07 Å². The number of benzene rings is 1. The van der Waals surface area contributed by atoms with Crippen molar-refractivity contribution in [3.63, 3.8) is 0 Å². The van der Waals surface area contributed by atoms with Gasteiger partial charge in [0.15, 0.2) is 0 Å². The monoisotopic (exact) mass is 364 g/mol. The fourth-order valence-electron chi connectivity index (χ4n) is 3.01. The van der Waals surface area contributed by atoms with Gasteiger partial charge in [-0.15, -0.1) is 0 Å². The Morgan fingerprint density at radius 1 is 1.22 bits per heavy atom. The molecular formula is C20H24N6O. The number of nitrogen functional groups attached to an aromatic ring is 1. The van der Waals surface area contributed by atoms with Gasteiger partial charge in [0.1, 0.15) is 5.82 Å². The Labute approximate surface area is 158 Å². The van der Waals surface area contributed by atoms with Gasteiger partial charge in [-0.2, -0.15) is 0 Å². The fraction of sp³-hybridized carbons (Fsp3) is 0.250. The summed E-state index contributed by atoms with van der Waals surface area (Å²) < 4.78 is 5.39. The molecule has 0 unspecified atom stereocenters. The third-order valence-corrected chi connectivity index (χ3v) is 4.48. The molecule has 7 heteroatoms. The number of allylic oxidation sites excluding steroid dienone is 1. The standard InChI is InChI=1S/C20H24N6O/c1-24-13-16(12-21)14-2-3-18(22)17(10-14)20(23)15-4-5-25-19(11-15)26-6-8-27-9-7-26/h2-5,10-13,21,23-24H,6-9,22H2,1H3/b16-13+,21-12?,23-20?. The van der Waals surface area contributed by atoms with Crippen molar-refractivity contribution < 1.29 is 4.74 Å². The van der Waals surface area contributed by atoms with Crippen LogP contribution in [0.4, 0.5) is 11.5 Å².